The van der Waals surface area contributed by atoms with Gasteiger partial charge in [0.2, 0.25) is 0 Å². The summed E-state index contributed by atoms with van der Waals surface area (Å²) < 4.78 is 0. The number of rotatable bonds is 7. The van der Waals surface area contributed by atoms with Crippen molar-refractivity contribution in [3.63, 3.8) is 0 Å². The Labute approximate surface area is 391 Å². The lowest BCUT2D eigenvalue weighted by atomic mass is 9.67. The van der Waals surface area contributed by atoms with Gasteiger partial charge in [-0.25, -0.2) is 0 Å². The molecule has 0 saturated carbocycles. The van der Waals surface area contributed by atoms with Crippen molar-refractivity contribution in [2.75, 3.05) is 4.90 Å². The zero-order chi connectivity index (χ0) is 44.9. The van der Waals surface area contributed by atoms with Crippen molar-refractivity contribution in [1.29, 1.82) is 0 Å². The molecule has 0 heterocycles. The van der Waals surface area contributed by atoms with Gasteiger partial charge in [-0.2, -0.15) is 0 Å². The van der Waals surface area contributed by atoms with Crippen molar-refractivity contribution in [3.8, 4) is 45.7 Å². The van der Waals surface area contributed by atoms with E-state index in [0.717, 1.165) is 49.4 Å². The number of anilines is 3. The lowest BCUT2D eigenvalue weighted by molar-refractivity contribution is 0.768. The van der Waals surface area contributed by atoms with Crippen LogP contribution in [0, 0.1) is 12.3 Å². The van der Waals surface area contributed by atoms with Crippen LogP contribution in [0.3, 0.4) is 0 Å². The number of hydrogen-bond donors (Lipinski definition) is 0. The van der Waals surface area contributed by atoms with Crippen molar-refractivity contribution in [2.24, 2.45) is 0 Å². The predicted octanol–water partition coefficient (Wildman–Crippen LogP) is 15.5. The molecule has 67 heavy (non-hydrogen) atoms. The Hall–Kier alpha value is -8.70. The maximum Gasteiger partial charge on any atom is 0.0714 e. The fourth-order valence-corrected chi connectivity index (χ4v) is 11.1. The van der Waals surface area contributed by atoms with Gasteiger partial charge in [0.15, 0.2) is 0 Å². The van der Waals surface area contributed by atoms with E-state index in [1.54, 1.807) is 0 Å². The monoisotopic (exact) mass is 851 g/mol. The molecule has 0 fully saturated rings. The average molecular weight is 852 g/mol. The van der Waals surface area contributed by atoms with Gasteiger partial charge in [0, 0.05) is 17.1 Å². The Balaban J connectivity index is 1.09. The van der Waals surface area contributed by atoms with Gasteiger partial charge in [0.25, 0.3) is 0 Å². The molecule has 1 nitrogen and oxygen atoms in total. The molecule has 0 bridgehead atoms. The molecule has 0 aromatic heterocycles. The Kier molecular flexibility index (Phi) is 9.74. The SMILES string of the molecule is C#C/C=c1\c(=C/C)c(-c2cccc(N(c3ccc(-c4cc5ccccc5c5ccccc45)cc3)c3ccc4c(c3)C(c3ccccc3)(c3ccccc3)c3ccccc3-4)c2)cc2ccccc12. The summed E-state index contributed by atoms with van der Waals surface area (Å²) >= 11 is 0. The minimum absolute atomic E-state index is 0.542. The molecule has 1 aliphatic carbocycles. The summed E-state index contributed by atoms with van der Waals surface area (Å²) in [5, 5.41) is 9.50. The molecule has 0 saturated heterocycles. The van der Waals surface area contributed by atoms with E-state index in [-0.39, 0.29) is 0 Å². The highest BCUT2D eigenvalue weighted by Crippen LogP contribution is 2.57. The first-order valence-corrected chi connectivity index (χ1v) is 23.1. The molecule has 0 aliphatic heterocycles. The molecule has 0 N–H and O–H groups in total. The number of benzene rings is 11. The van der Waals surface area contributed by atoms with Gasteiger partial charge in [0.1, 0.15) is 0 Å². The first kappa shape index (κ1) is 39.9. The topological polar surface area (TPSA) is 3.24 Å². The average Bonchev–Trinajstić information content (AvgIpc) is 3.69. The Morgan fingerprint density at radius 2 is 0.955 bits per heavy atom. The molecule has 1 heteroatoms. The molecular weight excluding hydrogens is 807 g/mol. The number of fused-ring (bicyclic) bond motifs is 7. The second kappa shape index (κ2) is 16.4. The highest BCUT2D eigenvalue weighted by molar-refractivity contribution is 6.13. The molecular formula is C66H45N. The van der Waals surface area contributed by atoms with Gasteiger partial charge in [-0.3, -0.25) is 0 Å². The minimum atomic E-state index is -0.542. The summed E-state index contributed by atoms with van der Waals surface area (Å²) in [4.78, 5) is 2.43. The van der Waals surface area contributed by atoms with E-state index in [0.29, 0.717) is 0 Å². The van der Waals surface area contributed by atoms with Crippen molar-refractivity contribution >= 4 is 61.5 Å². The minimum Gasteiger partial charge on any atom is -0.310 e. The van der Waals surface area contributed by atoms with Gasteiger partial charge in [-0.15, -0.1) is 6.42 Å². The molecule has 1 aliphatic rings. The summed E-state index contributed by atoms with van der Waals surface area (Å²) in [5.41, 5.74) is 14.8. The molecule has 11 aromatic carbocycles. The van der Waals surface area contributed by atoms with Crippen LogP contribution in [-0.4, -0.2) is 0 Å². The summed E-state index contributed by atoms with van der Waals surface area (Å²) in [6, 6.07) is 87.0. The number of nitrogens with zero attached hydrogens (tertiary/aromatic N) is 1. The molecule has 0 atom stereocenters. The molecule has 0 unspecified atom stereocenters. The smallest absolute Gasteiger partial charge is 0.0714 e. The molecule has 0 radical (unpaired) electrons. The van der Waals surface area contributed by atoms with Gasteiger partial charge >= 0.3 is 0 Å². The number of terminal acetylenes is 1. The first-order chi connectivity index (χ1) is 33.1. The van der Waals surface area contributed by atoms with Gasteiger partial charge in [-0.1, -0.05) is 200 Å². The molecule has 12 rings (SSSR count). The summed E-state index contributed by atoms with van der Waals surface area (Å²) in [6.07, 6.45) is 10.1. The van der Waals surface area contributed by atoms with Gasteiger partial charge in [0.05, 0.1) is 5.41 Å². The van der Waals surface area contributed by atoms with Crippen LogP contribution in [0.15, 0.2) is 237 Å². The van der Waals surface area contributed by atoms with Crippen LogP contribution in [0.25, 0.3) is 77.9 Å². The lowest BCUT2D eigenvalue weighted by Crippen LogP contribution is -2.28. The highest BCUT2D eigenvalue weighted by atomic mass is 15.1. The quantitative estimate of drug-likeness (QED) is 0.114. The third-order valence-electron chi connectivity index (χ3n) is 14.0. The standard InChI is InChI=1S/C66H45N/c1-3-20-57-54(4-2)63(43-48-22-11-13-29-55(48)57)46-23-19-28-52(41-46)67(51-37-35-45(36-38-51)62-42-47-21-12-14-30-56(47)58-31-15-16-32-59(58)62)53-39-40-61-60-33-17-18-34-64(60)66(65(61)44-53,49-24-7-5-8-25-49)50-26-9-6-10-27-50/h1,4-44H,2H3/b54-4+,57-20+. The second-order valence-corrected chi connectivity index (χ2v) is 17.5. The van der Waals surface area contributed by atoms with Gasteiger partial charge < -0.3 is 4.90 Å². The van der Waals surface area contributed by atoms with E-state index in [4.69, 9.17) is 6.42 Å². The van der Waals surface area contributed by atoms with Crippen LogP contribution in [0.1, 0.15) is 29.2 Å². The summed E-state index contributed by atoms with van der Waals surface area (Å²) in [6.45, 7) is 2.10. The second-order valence-electron chi connectivity index (χ2n) is 17.5. The van der Waals surface area contributed by atoms with Crippen LogP contribution in [0.2, 0.25) is 0 Å². The largest absolute Gasteiger partial charge is 0.310 e. The predicted molar refractivity (Wildman–Crippen MR) is 285 cm³/mol. The first-order valence-electron chi connectivity index (χ1n) is 23.1. The fraction of sp³-hybridized carbons (Fsp3) is 0.0303. The van der Waals surface area contributed by atoms with Crippen LogP contribution >= 0.6 is 0 Å². The van der Waals surface area contributed by atoms with E-state index >= 15 is 0 Å². The summed E-state index contributed by atoms with van der Waals surface area (Å²) in [5.74, 6) is 2.84. The van der Waals surface area contributed by atoms with Crippen LogP contribution in [-0.2, 0) is 5.41 Å². The van der Waals surface area contributed by atoms with Crippen LogP contribution < -0.4 is 15.3 Å². The maximum absolute atomic E-state index is 5.99. The van der Waals surface area contributed by atoms with Crippen molar-refractivity contribution in [1.82, 2.24) is 0 Å². The molecule has 0 spiro atoms. The Bertz CT molecular complexity index is 3840. The summed E-state index contributed by atoms with van der Waals surface area (Å²) in [7, 11) is 0. The lowest BCUT2D eigenvalue weighted by Gasteiger charge is -2.35. The van der Waals surface area contributed by atoms with Crippen molar-refractivity contribution in [3.05, 3.63) is 269 Å². The normalized spacial score (nSPS) is 13.1. The fourth-order valence-electron chi connectivity index (χ4n) is 11.1. The molecule has 314 valence electrons. The molecule has 0 amide bonds. The number of hydrogen-bond acceptors (Lipinski definition) is 1. The maximum atomic E-state index is 5.99. The van der Waals surface area contributed by atoms with E-state index in [1.165, 1.54) is 66.1 Å². The zero-order valence-corrected chi connectivity index (χ0v) is 37.2. The Morgan fingerprint density at radius 1 is 0.388 bits per heavy atom. The van der Waals surface area contributed by atoms with Crippen LogP contribution in [0.5, 0.6) is 0 Å². The van der Waals surface area contributed by atoms with E-state index in [2.05, 4.69) is 260 Å². The third-order valence-corrected chi connectivity index (χ3v) is 14.0. The van der Waals surface area contributed by atoms with E-state index < -0.39 is 5.41 Å². The van der Waals surface area contributed by atoms with Gasteiger partial charge in [-0.05, 0) is 160 Å². The van der Waals surface area contributed by atoms with Crippen LogP contribution in [0.4, 0.5) is 17.1 Å². The van der Waals surface area contributed by atoms with E-state index in [9.17, 15) is 0 Å². The Morgan fingerprint density at radius 3 is 1.67 bits per heavy atom. The van der Waals surface area contributed by atoms with E-state index in [1.807, 2.05) is 6.08 Å². The molecule has 11 aromatic rings. The zero-order valence-electron chi connectivity index (χ0n) is 37.2. The highest BCUT2D eigenvalue weighted by Gasteiger charge is 2.46. The van der Waals surface area contributed by atoms with Crippen molar-refractivity contribution < 1.29 is 0 Å². The third kappa shape index (κ3) is 6.41. The van der Waals surface area contributed by atoms with Crippen molar-refractivity contribution in [2.45, 2.75) is 12.3 Å².